The van der Waals surface area contributed by atoms with E-state index < -0.39 is 5.82 Å². The molecule has 0 spiro atoms. The molecule has 2 heterocycles. The first-order valence-corrected chi connectivity index (χ1v) is 7.40. The Morgan fingerprint density at radius 3 is 2.85 bits per heavy atom. The van der Waals surface area contributed by atoms with E-state index in [4.69, 9.17) is 11.6 Å². The smallest absolute Gasteiger partial charge is 0.205 e. The highest BCUT2D eigenvalue weighted by Crippen LogP contribution is 2.28. The maximum atomic E-state index is 13.2. The molecule has 4 nitrogen and oxygen atoms in total. The summed E-state index contributed by atoms with van der Waals surface area (Å²) in [6, 6.07) is 4.58. The second-order valence-corrected chi connectivity index (χ2v) is 6.31. The van der Waals surface area contributed by atoms with E-state index in [0.717, 1.165) is 27.8 Å². The molecule has 3 rings (SSSR count). The number of benzene rings is 1. The topological polar surface area (TPSA) is 43.1 Å². The average Bonchev–Trinajstić information content (AvgIpc) is 2.94. The third kappa shape index (κ3) is 2.41. The van der Waals surface area contributed by atoms with Crippen molar-refractivity contribution in [3.8, 4) is 10.6 Å². The Kier molecular flexibility index (Phi) is 3.43. The summed E-state index contributed by atoms with van der Waals surface area (Å²) in [5, 5.41) is 13.6. The van der Waals surface area contributed by atoms with Gasteiger partial charge in [-0.2, -0.15) is 9.61 Å². The second-order valence-electron chi connectivity index (χ2n) is 4.94. The molecule has 0 N–H and O–H groups in total. The molecule has 104 valence electrons. The van der Waals surface area contributed by atoms with Crippen LogP contribution in [0.3, 0.4) is 0 Å². The molecule has 20 heavy (non-hydrogen) atoms. The molecular formula is C13H12ClFN4S. The molecule has 0 aliphatic carbocycles. The van der Waals surface area contributed by atoms with Crippen LogP contribution < -0.4 is 0 Å². The van der Waals surface area contributed by atoms with E-state index in [2.05, 4.69) is 29.1 Å². The largest absolute Gasteiger partial charge is 0.234 e. The lowest BCUT2D eigenvalue weighted by Crippen LogP contribution is -2.01. The van der Waals surface area contributed by atoms with Crippen LogP contribution in [0.15, 0.2) is 18.2 Å². The van der Waals surface area contributed by atoms with Gasteiger partial charge in [0, 0.05) is 12.0 Å². The summed E-state index contributed by atoms with van der Waals surface area (Å²) in [6.07, 6.45) is 0.814. The number of hydrogen-bond donors (Lipinski definition) is 0. The van der Waals surface area contributed by atoms with Crippen LogP contribution in [0.5, 0.6) is 0 Å². The number of nitrogens with zero attached hydrogens (tertiary/aromatic N) is 4. The van der Waals surface area contributed by atoms with Gasteiger partial charge in [0.1, 0.15) is 10.8 Å². The van der Waals surface area contributed by atoms with Gasteiger partial charge >= 0.3 is 0 Å². The van der Waals surface area contributed by atoms with Crippen molar-refractivity contribution in [3.63, 3.8) is 0 Å². The minimum Gasteiger partial charge on any atom is -0.205 e. The lowest BCUT2D eigenvalue weighted by molar-refractivity contribution is 0.607. The number of rotatable bonds is 3. The fourth-order valence-electron chi connectivity index (χ4n) is 1.90. The van der Waals surface area contributed by atoms with Gasteiger partial charge in [0.15, 0.2) is 5.82 Å². The van der Waals surface area contributed by atoms with Crippen molar-refractivity contribution in [2.75, 3.05) is 0 Å². The first-order valence-electron chi connectivity index (χ1n) is 6.21. The van der Waals surface area contributed by atoms with Gasteiger partial charge in [0.2, 0.25) is 4.96 Å². The molecule has 0 saturated heterocycles. The van der Waals surface area contributed by atoms with Gasteiger partial charge in [-0.15, -0.1) is 10.2 Å². The Balaban J connectivity index is 2.04. The van der Waals surface area contributed by atoms with Crippen LogP contribution in [0.2, 0.25) is 5.02 Å². The van der Waals surface area contributed by atoms with Crippen molar-refractivity contribution in [1.82, 2.24) is 19.8 Å². The summed E-state index contributed by atoms with van der Waals surface area (Å²) in [5.41, 5.74) is 0.780. The molecule has 7 heteroatoms. The first-order chi connectivity index (χ1) is 9.54. The average molecular weight is 311 g/mol. The summed E-state index contributed by atoms with van der Waals surface area (Å²) in [7, 11) is 0. The SMILES string of the molecule is CC(C)Cc1nnc2sc(-c3ccc(F)c(Cl)c3)nn12. The van der Waals surface area contributed by atoms with Gasteiger partial charge in [-0.25, -0.2) is 4.39 Å². The molecule has 0 aliphatic rings. The van der Waals surface area contributed by atoms with Crippen LogP contribution in [0.4, 0.5) is 4.39 Å². The fraction of sp³-hybridized carbons (Fsp3) is 0.308. The molecule has 0 amide bonds. The summed E-state index contributed by atoms with van der Waals surface area (Å²) < 4.78 is 14.9. The number of halogens is 2. The lowest BCUT2D eigenvalue weighted by Gasteiger charge is -2.00. The van der Waals surface area contributed by atoms with Gasteiger partial charge in [-0.1, -0.05) is 36.8 Å². The number of aromatic nitrogens is 4. The van der Waals surface area contributed by atoms with Crippen molar-refractivity contribution < 1.29 is 4.39 Å². The zero-order valence-electron chi connectivity index (χ0n) is 11.0. The molecule has 0 atom stereocenters. The quantitative estimate of drug-likeness (QED) is 0.738. The summed E-state index contributed by atoms with van der Waals surface area (Å²) >= 11 is 7.21. The Morgan fingerprint density at radius 1 is 1.35 bits per heavy atom. The van der Waals surface area contributed by atoms with Gasteiger partial charge in [0.05, 0.1) is 5.02 Å². The molecular weight excluding hydrogens is 299 g/mol. The molecule has 2 aromatic heterocycles. The molecule has 0 saturated carbocycles. The van der Waals surface area contributed by atoms with Crippen LogP contribution in [-0.2, 0) is 6.42 Å². The Bertz CT molecular complexity index is 765. The maximum absolute atomic E-state index is 13.2. The Morgan fingerprint density at radius 2 is 2.15 bits per heavy atom. The van der Waals surface area contributed by atoms with E-state index in [1.807, 2.05) is 0 Å². The third-order valence-electron chi connectivity index (χ3n) is 2.81. The molecule has 0 radical (unpaired) electrons. The van der Waals surface area contributed by atoms with E-state index in [1.54, 1.807) is 16.6 Å². The predicted molar refractivity (Wildman–Crippen MR) is 77.6 cm³/mol. The Labute approximate surface area is 124 Å². The van der Waals surface area contributed by atoms with Gasteiger partial charge in [-0.05, 0) is 24.1 Å². The van der Waals surface area contributed by atoms with E-state index in [0.29, 0.717) is 5.92 Å². The lowest BCUT2D eigenvalue weighted by atomic mass is 10.1. The summed E-state index contributed by atoms with van der Waals surface area (Å²) in [6.45, 7) is 4.24. The molecule has 0 bridgehead atoms. The van der Waals surface area contributed by atoms with Crippen molar-refractivity contribution in [3.05, 3.63) is 34.9 Å². The van der Waals surface area contributed by atoms with Crippen LogP contribution >= 0.6 is 22.9 Å². The highest BCUT2D eigenvalue weighted by Gasteiger charge is 2.14. The summed E-state index contributed by atoms with van der Waals surface area (Å²) in [5.74, 6) is 0.887. The minimum absolute atomic E-state index is 0.0934. The zero-order valence-corrected chi connectivity index (χ0v) is 12.5. The molecule has 0 fully saturated rings. The Hall–Kier alpha value is -1.53. The van der Waals surface area contributed by atoms with Gasteiger partial charge in [0.25, 0.3) is 0 Å². The van der Waals surface area contributed by atoms with Crippen LogP contribution in [0.25, 0.3) is 15.5 Å². The minimum atomic E-state index is -0.432. The number of fused-ring (bicyclic) bond motifs is 1. The molecule has 1 aromatic carbocycles. The van der Waals surface area contributed by atoms with Gasteiger partial charge < -0.3 is 0 Å². The van der Waals surface area contributed by atoms with Crippen LogP contribution in [0, 0.1) is 11.7 Å². The fourth-order valence-corrected chi connectivity index (χ4v) is 2.93. The first kappa shape index (κ1) is 13.5. The molecule has 0 unspecified atom stereocenters. The van der Waals surface area contributed by atoms with Crippen LogP contribution in [-0.4, -0.2) is 19.8 Å². The zero-order chi connectivity index (χ0) is 14.3. The van der Waals surface area contributed by atoms with Crippen LogP contribution in [0.1, 0.15) is 19.7 Å². The van der Waals surface area contributed by atoms with E-state index in [1.165, 1.54) is 17.4 Å². The standard InChI is InChI=1S/C13H12ClFN4S/c1-7(2)5-11-16-17-13-19(11)18-12(20-13)8-3-4-10(15)9(14)6-8/h3-4,6-7H,5H2,1-2H3. The highest BCUT2D eigenvalue weighted by molar-refractivity contribution is 7.19. The van der Waals surface area contributed by atoms with Crippen molar-refractivity contribution in [2.45, 2.75) is 20.3 Å². The number of hydrogen-bond acceptors (Lipinski definition) is 4. The monoisotopic (exact) mass is 310 g/mol. The van der Waals surface area contributed by atoms with Crippen molar-refractivity contribution >= 4 is 27.9 Å². The normalized spacial score (nSPS) is 11.7. The van der Waals surface area contributed by atoms with Crippen molar-refractivity contribution in [2.24, 2.45) is 5.92 Å². The van der Waals surface area contributed by atoms with Gasteiger partial charge in [-0.3, -0.25) is 0 Å². The van der Waals surface area contributed by atoms with E-state index in [9.17, 15) is 4.39 Å². The maximum Gasteiger partial charge on any atom is 0.234 e. The van der Waals surface area contributed by atoms with E-state index in [-0.39, 0.29) is 5.02 Å². The summed E-state index contributed by atoms with van der Waals surface area (Å²) in [4.78, 5) is 0.732. The van der Waals surface area contributed by atoms with Crippen molar-refractivity contribution in [1.29, 1.82) is 0 Å². The predicted octanol–water partition coefficient (Wildman–Crippen LogP) is 3.84. The highest BCUT2D eigenvalue weighted by atomic mass is 35.5. The molecule has 3 aromatic rings. The van der Waals surface area contributed by atoms with E-state index >= 15 is 0 Å². The molecule has 0 aliphatic heterocycles. The third-order valence-corrected chi connectivity index (χ3v) is 4.05. The second kappa shape index (κ2) is 5.10.